The van der Waals surface area contributed by atoms with Crippen molar-refractivity contribution in [2.24, 2.45) is 0 Å². The van der Waals surface area contributed by atoms with Crippen LogP contribution in [0, 0.1) is 0 Å². The van der Waals surface area contributed by atoms with Gasteiger partial charge in [-0.3, -0.25) is 14.4 Å². The van der Waals surface area contributed by atoms with Crippen LogP contribution in [0.4, 0.5) is 11.4 Å². The highest BCUT2D eigenvalue weighted by molar-refractivity contribution is 6.01. The van der Waals surface area contributed by atoms with Gasteiger partial charge in [0.05, 0.1) is 11.8 Å². The van der Waals surface area contributed by atoms with Gasteiger partial charge in [-0.05, 0) is 44.2 Å². The van der Waals surface area contributed by atoms with E-state index in [4.69, 9.17) is 4.42 Å². The SMILES string of the molecule is C[C@@H](NC(=O)c1ccoc1)C(=O)Nc1ccc(NC(=O)[C@H](C)n2cncn2)cc1. The van der Waals surface area contributed by atoms with E-state index in [1.54, 1.807) is 38.1 Å². The van der Waals surface area contributed by atoms with Gasteiger partial charge >= 0.3 is 0 Å². The second kappa shape index (κ2) is 8.83. The van der Waals surface area contributed by atoms with Gasteiger partial charge in [0.15, 0.2) is 0 Å². The Bertz CT molecular complexity index is 967. The summed E-state index contributed by atoms with van der Waals surface area (Å²) in [5.41, 5.74) is 1.44. The topological polar surface area (TPSA) is 131 Å². The first-order valence-electron chi connectivity index (χ1n) is 8.83. The number of hydrogen-bond acceptors (Lipinski definition) is 6. The Hall–Kier alpha value is -3.95. The summed E-state index contributed by atoms with van der Waals surface area (Å²) in [6.45, 7) is 3.28. The zero-order chi connectivity index (χ0) is 20.8. The van der Waals surface area contributed by atoms with E-state index in [0.717, 1.165) is 0 Å². The maximum absolute atomic E-state index is 12.3. The van der Waals surface area contributed by atoms with Crippen LogP contribution in [0.1, 0.15) is 30.2 Å². The molecule has 3 aromatic rings. The molecule has 0 aliphatic carbocycles. The van der Waals surface area contributed by atoms with Crippen molar-refractivity contribution in [3.63, 3.8) is 0 Å². The maximum atomic E-state index is 12.3. The summed E-state index contributed by atoms with van der Waals surface area (Å²) >= 11 is 0. The molecule has 0 saturated heterocycles. The van der Waals surface area contributed by atoms with Gasteiger partial charge in [-0.15, -0.1) is 0 Å². The zero-order valence-electron chi connectivity index (χ0n) is 15.8. The van der Waals surface area contributed by atoms with Gasteiger partial charge in [-0.2, -0.15) is 5.10 Å². The summed E-state index contributed by atoms with van der Waals surface area (Å²) in [4.78, 5) is 40.3. The first-order valence-corrected chi connectivity index (χ1v) is 8.83. The molecule has 0 radical (unpaired) electrons. The van der Waals surface area contributed by atoms with E-state index in [-0.39, 0.29) is 11.8 Å². The van der Waals surface area contributed by atoms with E-state index in [1.807, 2.05) is 0 Å². The van der Waals surface area contributed by atoms with E-state index in [2.05, 4.69) is 26.0 Å². The third-order valence-corrected chi connectivity index (χ3v) is 4.16. The predicted molar refractivity (Wildman–Crippen MR) is 104 cm³/mol. The zero-order valence-corrected chi connectivity index (χ0v) is 15.8. The second-order valence-corrected chi connectivity index (χ2v) is 6.31. The number of nitrogens with zero attached hydrogens (tertiary/aromatic N) is 3. The Labute approximate surface area is 166 Å². The van der Waals surface area contributed by atoms with Crippen molar-refractivity contribution in [2.45, 2.75) is 25.9 Å². The fourth-order valence-corrected chi connectivity index (χ4v) is 2.41. The molecule has 10 heteroatoms. The molecule has 2 heterocycles. The van der Waals surface area contributed by atoms with Gasteiger partial charge in [0, 0.05) is 11.4 Å². The fraction of sp³-hybridized carbons (Fsp3) is 0.211. The van der Waals surface area contributed by atoms with E-state index < -0.39 is 18.0 Å². The number of benzene rings is 1. The first kappa shape index (κ1) is 19.8. The molecule has 0 unspecified atom stereocenters. The molecular formula is C19H20N6O4. The number of anilines is 2. The summed E-state index contributed by atoms with van der Waals surface area (Å²) < 4.78 is 6.30. The average molecular weight is 396 g/mol. The summed E-state index contributed by atoms with van der Waals surface area (Å²) in [5, 5.41) is 12.0. The monoisotopic (exact) mass is 396 g/mol. The van der Waals surface area contributed by atoms with E-state index in [0.29, 0.717) is 16.9 Å². The van der Waals surface area contributed by atoms with Crippen molar-refractivity contribution < 1.29 is 18.8 Å². The van der Waals surface area contributed by atoms with E-state index in [1.165, 1.54) is 35.9 Å². The lowest BCUT2D eigenvalue weighted by atomic mass is 10.2. The summed E-state index contributed by atoms with van der Waals surface area (Å²) in [7, 11) is 0. The summed E-state index contributed by atoms with van der Waals surface area (Å²) in [6, 6.07) is 6.87. The minimum atomic E-state index is -0.750. The summed E-state index contributed by atoms with van der Waals surface area (Å²) in [6.07, 6.45) is 5.51. The van der Waals surface area contributed by atoms with Crippen LogP contribution in [0.3, 0.4) is 0 Å². The Morgan fingerprint density at radius 1 is 1.00 bits per heavy atom. The molecule has 3 amide bonds. The lowest BCUT2D eigenvalue weighted by molar-refractivity contribution is -0.119. The van der Waals surface area contributed by atoms with Crippen LogP contribution in [0.25, 0.3) is 0 Å². The maximum Gasteiger partial charge on any atom is 0.255 e. The van der Waals surface area contributed by atoms with Crippen LogP contribution < -0.4 is 16.0 Å². The molecule has 1 aromatic carbocycles. The molecule has 3 N–H and O–H groups in total. The quantitative estimate of drug-likeness (QED) is 0.558. The van der Waals surface area contributed by atoms with Crippen molar-refractivity contribution >= 4 is 29.1 Å². The lowest BCUT2D eigenvalue weighted by Crippen LogP contribution is -2.41. The molecule has 2 atom stereocenters. The molecule has 0 aliphatic heterocycles. The van der Waals surface area contributed by atoms with E-state index in [9.17, 15) is 14.4 Å². The molecule has 0 spiro atoms. The van der Waals surface area contributed by atoms with Gasteiger partial charge in [-0.1, -0.05) is 0 Å². The lowest BCUT2D eigenvalue weighted by Gasteiger charge is -2.15. The van der Waals surface area contributed by atoms with Crippen LogP contribution in [0.5, 0.6) is 0 Å². The normalized spacial score (nSPS) is 12.6. The van der Waals surface area contributed by atoms with Crippen LogP contribution >= 0.6 is 0 Å². The van der Waals surface area contributed by atoms with Gasteiger partial charge in [0.1, 0.15) is 31.0 Å². The molecule has 3 rings (SSSR count). The highest BCUT2D eigenvalue weighted by Crippen LogP contribution is 2.15. The van der Waals surface area contributed by atoms with Crippen molar-refractivity contribution in [2.75, 3.05) is 10.6 Å². The second-order valence-electron chi connectivity index (χ2n) is 6.31. The summed E-state index contributed by atoms with van der Waals surface area (Å²) in [5.74, 6) is -1.03. The number of carbonyl (C=O) groups excluding carboxylic acids is 3. The number of rotatable bonds is 7. The van der Waals surface area contributed by atoms with Crippen LogP contribution in [0.15, 0.2) is 59.9 Å². The number of aromatic nitrogens is 3. The Morgan fingerprint density at radius 2 is 1.66 bits per heavy atom. The Morgan fingerprint density at radius 3 is 2.21 bits per heavy atom. The third kappa shape index (κ3) is 5.06. The standard InChI is InChI=1S/C19H20N6O4/c1-12(22-19(28)14-7-8-29-9-14)17(26)23-15-3-5-16(6-4-15)24-18(27)13(2)25-11-20-10-21-25/h3-13H,1-2H3,(H,22,28)(H,23,26)(H,24,27)/t12-,13+/m1/s1. The molecule has 0 bridgehead atoms. The molecule has 29 heavy (non-hydrogen) atoms. The minimum Gasteiger partial charge on any atom is -0.472 e. The molecule has 0 saturated carbocycles. The van der Waals surface area contributed by atoms with Crippen molar-refractivity contribution in [3.8, 4) is 0 Å². The first-order chi connectivity index (χ1) is 13.9. The van der Waals surface area contributed by atoms with Crippen LogP contribution in [-0.4, -0.2) is 38.5 Å². The Balaban J connectivity index is 1.52. The third-order valence-electron chi connectivity index (χ3n) is 4.16. The van der Waals surface area contributed by atoms with E-state index >= 15 is 0 Å². The predicted octanol–water partition coefficient (Wildman–Crippen LogP) is 1.83. The van der Waals surface area contributed by atoms with Crippen molar-refractivity contribution in [1.29, 1.82) is 0 Å². The Kier molecular flexibility index (Phi) is 6.03. The van der Waals surface area contributed by atoms with Crippen LogP contribution in [-0.2, 0) is 9.59 Å². The van der Waals surface area contributed by atoms with Gasteiger partial charge < -0.3 is 20.4 Å². The number of carbonyl (C=O) groups is 3. The molecule has 0 aliphatic rings. The highest BCUT2D eigenvalue weighted by atomic mass is 16.3. The number of hydrogen-bond donors (Lipinski definition) is 3. The van der Waals surface area contributed by atoms with Crippen molar-refractivity contribution in [3.05, 3.63) is 61.1 Å². The number of furan rings is 1. The largest absolute Gasteiger partial charge is 0.472 e. The minimum absolute atomic E-state index is 0.247. The van der Waals surface area contributed by atoms with Gasteiger partial charge in [0.25, 0.3) is 5.91 Å². The molecule has 2 aromatic heterocycles. The smallest absolute Gasteiger partial charge is 0.255 e. The number of amides is 3. The van der Waals surface area contributed by atoms with Gasteiger partial charge in [0.2, 0.25) is 11.8 Å². The highest BCUT2D eigenvalue weighted by Gasteiger charge is 2.18. The molecule has 0 fully saturated rings. The van der Waals surface area contributed by atoms with Gasteiger partial charge in [-0.25, -0.2) is 9.67 Å². The fourth-order valence-electron chi connectivity index (χ4n) is 2.41. The van der Waals surface area contributed by atoms with Crippen molar-refractivity contribution in [1.82, 2.24) is 20.1 Å². The number of nitrogens with one attached hydrogen (secondary N) is 3. The average Bonchev–Trinajstić information content (AvgIpc) is 3.42. The molecule has 10 nitrogen and oxygen atoms in total. The molecule has 150 valence electrons. The molecular weight excluding hydrogens is 376 g/mol. The van der Waals surface area contributed by atoms with Crippen LogP contribution in [0.2, 0.25) is 0 Å².